The quantitative estimate of drug-likeness (QED) is 0.892. The molecular weight excluding hydrogens is 252 g/mol. The van der Waals surface area contributed by atoms with Gasteiger partial charge in [-0.1, -0.05) is 37.3 Å². The SMILES string of the molecule is CC(C(=O)O)C1CN(CC(F)(F)c2ccccc2)C1. The second-order valence-electron chi connectivity index (χ2n) is 5.15. The number of hydrogen-bond donors (Lipinski definition) is 1. The lowest BCUT2D eigenvalue weighted by Gasteiger charge is -2.42. The largest absolute Gasteiger partial charge is 0.481 e. The number of alkyl halides is 2. The molecule has 0 amide bonds. The van der Waals surface area contributed by atoms with E-state index in [1.807, 2.05) is 0 Å². The van der Waals surface area contributed by atoms with Crippen LogP contribution in [-0.4, -0.2) is 35.6 Å². The Morgan fingerprint density at radius 3 is 2.53 bits per heavy atom. The summed E-state index contributed by atoms with van der Waals surface area (Å²) in [5.74, 6) is -4.25. The molecule has 5 heteroatoms. The number of rotatable bonds is 5. The Balaban J connectivity index is 1.89. The molecule has 1 heterocycles. The van der Waals surface area contributed by atoms with Gasteiger partial charge in [0, 0.05) is 18.7 Å². The summed E-state index contributed by atoms with van der Waals surface area (Å²) in [5, 5.41) is 8.85. The van der Waals surface area contributed by atoms with Crippen molar-refractivity contribution in [1.82, 2.24) is 4.90 Å². The number of benzene rings is 1. The van der Waals surface area contributed by atoms with E-state index in [0.717, 1.165) is 0 Å². The molecule has 0 radical (unpaired) electrons. The van der Waals surface area contributed by atoms with E-state index < -0.39 is 17.8 Å². The molecule has 1 N–H and O–H groups in total. The van der Waals surface area contributed by atoms with Gasteiger partial charge in [0.1, 0.15) is 0 Å². The first-order valence-electron chi connectivity index (χ1n) is 6.28. The number of hydrogen-bond acceptors (Lipinski definition) is 2. The summed E-state index contributed by atoms with van der Waals surface area (Å²) in [7, 11) is 0. The second-order valence-corrected chi connectivity index (χ2v) is 5.15. The molecule has 2 rings (SSSR count). The number of likely N-dealkylation sites (tertiary alicyclic amines) is 1. The lowest BCUT2D eigenvalue weighted by Crippen LogP contribution is -2.53. The fourth-order valence-electron chi connectivity index (χ4n) is 2.31. The number of carboxylic acid groups (broad SMARTS) is 1. The Labute approximate surface area is 110 Å². The molecule has 0 saturated carbocycles. The molecule has 0 aliphatic carbocycles. The number of carbonyl (C=O) groups is 1. The van der Waals surface area contributed by atoms with Crippen molar-refractivity contribution in [2.45, 2.75) is 12.8 Å². The van der Waals surface area contributed by atoms with Gasteiger partial charge in [-0.2, -0.15) is 8.78 Å². The van der Waals surface area contributed by atoms with Crippen LogP contribution in [0.15, 0.2) is 30.3 Å². The van der Waals surface area contributed by atoms with Crippen molar-refractivity contribution < 1.29 is 18.7 Å². The average Bonchev–Trinajstić information content (AvgIpc) is 2.33. The minimum atomic E-state index is -2.89. The van der Waals surface area contributed by atoms with E-state index in [2.05, 4.69) is 0 Å². The fourth-order valence-corrected chi connectivity index (χ4v) is 2.31. The highest BCUT2D eigenvalue weighted by atomic mass is 19.3. The molecule has 19 heavy (non-hydrogen) atoms. The maximum Gasteiger partial charge on any atom is 0.306 e. The summed E-state index contributed by atoms with van der Waals surface area (Å²) in [6.45, 7) is 2.13. The van der Waals surface area contributed by atoms with Gasteiger partial charge in [-0.25, -0.2) is 0 Å². The number of carboxylic acids is 1. The first-order chi connectivity index (χ1) is 8.90. The van der Waals surface area contributed by atoms with Gasteiger partial charge in [0.2, 0.25) is 0 Å². The third kappa shape index (κ3) is 3.10. The Kier molecular flexibility index (Phi) is 3.85. The van der Waals surface area contributed by atoms with Crippen LogP contribution in [0.1, 0.15) is 12.5 Å². The molecule has 1 fully saturated rings. The third-order valence-corrected chi connectivity index (χ3v) is 3.70. The Bertz CT molecular complexity index is 444. The van der Waals surface area contributed by atoms with Gasteiger partial charge in [-0.3, -0.25) is 9.69 Å². The summed E-state index contributed by atoms with van der Waals surface area (Å²) >= 11 is 0. The standard InChI is InChI=1S/C14H17F2NO2/c1-10(13(18)19)11-7-17(8-11)9-14(15,16)12-5-3-2-4-6-12/h2-6,10-11H,7-9H2,1H3,(H,18,19). The highest BCUT2D eigenvalue weighted by Gasteiger charge is 2.41. The maximum atomic E-state index is 14.0. The van der Waals surface area contributed by atoms with Gasteiger partial charge in [0.15, 0.2) is 0 Å². The van der Waals surface area contributed by atoms with Crippen molar-refractivity contribution in [2.24, 2.45) is 11.8 Å². The zero-order chi connectivity index (χ0) is 14.0. The van der Waals surface area contributed by atoms with Crippen molar-refractivity contribution in [3.05, 3.63) is 35.9 Å². The maximum absolute atomic E-state index is 14.0. The average molecular weight is 269 g/mol. The molecule has 1 aliphatic rings. The molecule has 1 aromatic rings. The first-order valence-corrected chi connectivity index (χ1v) is 6.28. The van der Waals surface area contributed by atoms with Crippen LogP contribution in [-0.2, 0) is 10.7 Å². The first kappa shape index (κ1) is 13.9. The molecule has 3 nitrogen and oxygen atoms in total. The van der Waals surface area contributed by atoms with Gasteiger partial charge in [0.05, 0.1) is 12.5 Å². The van der Waals surface area contributed by atoms with Crippen LogP contribution >= 0.6 is 0 Å². The van der Waals surface area contributed by atoms with Crippen LogP contribution in [0.25, 0.3) is 0 Å². The summed E-state index contributed by atoms with van der Waals surface area (Å²) in [4.78, 5) is 12.4. The monoisotopic (exact) mass is 269 g/mol. The van der Waals surface area contributed by atoms with Gasteiger partial charge in [-0.05, 0) is 5.92 Å². The Morgan fingerprint density at radius 1 is 1.42 bits per heavy atom. The summed E-state index contributed by atoms with van der Waals surface area (Å²) in [5.41, 5.74) is 0.00438. The zero-order valence-corrected chi connectivity index (χ0v) is 10.7. The van der Waals surface area contributed by atoms with Crippen molar-refractivity contribution >= 4 is 5.97 Å². The molecule has 1 atom stereocenters. The predicted molar refractivity (Wildman–Crippen MR) is 67.1 cm³/mol. The lowest BCUT2D eigenvalue weighted by atomic mass is 9.86. The van der Waals surface area contributed by atoms with Crippen molar-refractivity contribution in [2.75, 3.05) is 19.6 Å². The highest BCUT2D eigenvalue weighted by molar-refractivity contribution is 5.70. The minimum absolute atomic E-state index is 0.00438. The van der Waals surface area contributed by atoms with Crippen LogP contribution in [0.3, 0.4) is 0 Å². The normalized spacial score (nSPS) is 18.9. The summed E-state index contributed by atoms with van der Waals surface area (Å²) in [6, 6.07) is 7.71. The van der Waals surface area contributed by atoms with Gasteiger partial charge in [0.25, 0.3) is 5.92 Å². The predicted octanol–water partition coefficient (Wildman–Crippen LogP) is 2.43. The van der Waals surface area contributed by atoms with Gasteiger partial charge in [-0.15, -0.1) is 0 Å². The van der Waals surface area contributed by atoms with E-state index in [0.29, 0.717) is 13.1 Å². The van der Waals surface area contributed by atoms with Crippen LogP contribution in [0.5, 0.6) is 0 Å². The molecule has 1 saturated heterocycles. The van der Waals surface area contributed by atoms with Crippen molar-refractivity contribution in [3.63, 3.8) is 0 Å². The number of aliphatic carboxylic acids is 1. The molecule has 1 unspecified atom stereocenters. The van der Waals surface area contributed by atoms with Crippen molar-refractivity contribution in [3.8, 4) is 0 Å². The number of halogens is 2. The zero-order valence-electron chi connectivity index (χ0n) is 10.7. The highest BCUT2D eigenvalue weighted by Crippen LogP contribution is 2.33. The smallest absolute Gasteiger partial charge is 0.306 e. The fraction of sp³-hybridized carbons (Fsp3) is 0.500. The van der Waals surface area contributed by atoms with E-state index in [9.17, 15) is 13.6 Å². The number of nitrogens with zero attached hydrogens (tertiary/aromatic N) is 1. The van der Waals surface area contributed by atoms with Gasteiger partial charge < -0.3 is 5.11 Å². The van der Waals surface area contributed by atoms with Crippen LogP contribution in [0, 0.1) is 11.8 Å². The molecule has 0 bridgehead atoms. The van der Waals surface area contributed by atoms with E-state index in [4.69, 9.17) is 5.11 Å². The van der Waals surface area contributed by atoms with E-state index in [1.165, 1.54) is 12.1 Å². The topological polar surface area (TPSA) is 40.5 Å². The van der Waals surface area contributed by atoms with Crippen molar-refractivity contribution in [1.29, 1.82) is 0 Å². The van der Waals surface area contributed by atoms with Crippen LogP contribution in [0.4, 0.5) is 8.78 Å². The van der Waals surface area contributed by atoms with E-state index >= 15 is 0 Å². The minimum Gasteiger partial charge on any atom is -0.481 e. The molecule has 1 aromatic carbocycles. The summed E-state index contributed by atoms with van der Waals surface area (Å²) < 4.78 is 27.9. The second kappa shape index (κ2) is 5.25. The van der Waals surface area contributed by atoms with Crippen LogP contribution in [0.2, 0.25) is 0 Å². The lowest BCUT2D eigenvalue weighted by molar-refractivity contribution is -0.146. The Hall–Kier alpha value is -1.49. The van der Waals surface area contributed by atoms with Gasteiger partial charge >= 0.3 is 5.97 Å². The van der Waals surface area contributed by atoms with Crippen LogP contribution < -0.4 is 0 Å². The van der Waals surface area contributed by atoms with E-state index in [1.54, 1.807) is 30.0 Å². The molecule has 1 aliphatic heterocycles. The third-order valence-electron chi connectivity index (χ3n) is 3.70. The molecule has 0 spiro atoms. The Morgan fingerprint density at radius 2 is 2.00 bits per heavy atom. The molecule has 104 valence electrons. The molecule has 0 aromatic heterocycles. The molecular formula is C14H17F2NO2. The summed E-state index contributed by atoms with van der Waals surface area (Å²) in [6.07, 6.45) is 0. The van der Waals surface area contributed by atoms with E-state index in [-0.39, 0.29) is 18.0 Å².